The molecule has 1 N–H and O–H groups in total. The Morgan fingerprint density at radius 1 is 1.08 bits per heavy atom. The summed E-state index contributed by atoms with van der Waals surface area (Å²) in [6.07, 6.45) is 3.74. The van der Waals surface area contributed by atoms with E-state index in [1.54, 1.807) is 0 Å². The maximum atomic E-state index is 12.3. The summed E-state index contributed by atoms with van der Waals surface area (Å²) in [5.41, 5.74) is 4.29. The third kappa shape index (κ3) is 4.75. The molecule has 0 unspecified atom stereocenters. The van der Waals surface area contributed by atoms with Crippen LogP contribution in [0.15, 0.2) is 29.3 Å². The summed E-state index contributed by atoms with van der Waals surface area (Å²) in [7, 11) is 0. The van der Waals surface area contributed by atoms with Crippen molar-refractivity contribution in [3.63, 3.8) is 0 Å². The molecule has 1 saturated heterocycles. The Labute approximate surface area is 159 Å². The summed E-state index contributed by atoms with van der Waals surface area (Å²) in [5, 5.41) is 12.4. The predicted molar refractivity (Wildman–Crippen MR) is 108 cm³/mol. The Kier molecular flexibility index (Phi) is 6.14. The number of benzene rings is 1. The summed E-state index contributed by atoms with van der Waals surface area (Å²) in [6.45, 7) is 8.21. The number of nitrogens with one attached hydrogen (secondary N) is 1. The van der Waals surface area contributed by atoms with Crippen LogP contribution in [0.1, 0.15) is 36.0 Å². The van der Waals surface area contributed by atoms with E-state index >= 15 is 0 Å². The van der Waals surface area contributed by atoms with Crippen LogP contribution in [0.5, 0.6) is 0 Å². The molecule has 0 bridgehead atoms. The molecular formula is C20H26N4OS. The molecule has 26 heavy (non-hydrogen) atoms. The van der Waals surface area contributed by atoms with Crippen LogP contribution in [0.2, 0.25) is 0 Å². The van der Waals surface area contributed by atoms with Crippen molar-refractivity contribution in [1.29, 1.82) is 0 Å². The fraction of sp³-hybridized carbons (Fsp3) is 0.450. The van der Waals surface area contributed by atoms with E-state index < -0.39 is 0 Å². The van der Waals surface area contributed by atoms with Gasteiger partial charge in [0.1, 0.15) is 5.03 Å². The Morgan fingerprint density at radius 2 is 1.77 bits per heavy atom. The normalized spacial score (nSPS) is 14.3. The number of thioether (sulfide) groups is 1. The van der Waals surface area contributed by atoms with Crippen molar-refractivity contribution >= 4 is 29.2 Å². The zero-order valence-electron chi connectivity index (χ0n) is 15.7. The molecule has 5 nitrogen and oxygen atoms in total. The second-order valence-electron chi connectivity index (χ2n) is 6.89. The first-order chi connectivity index (χ1) is 12.5. The molecule has 138 valence electrons. The monoisotopic (exact) mass is 370 g/mol. The van der Waals surface area contributed by atoms with Crippen molar-refractivity contribution in [2.24, 2.45) is 0 Å². The Bertz CT molecular complexity index is 747. The summed E-state index contributed by atoms with van der Waals surface area (Å²) >= 11 is 1.41. The standard InChI is InChI=1S/C20H26N4OS/c1-14-11-15(2)20(16(3)12-14)21-18(25)13-26-19-8-7-17(22-23-19)24-9-5-4-6-10-24/h7-8,11-12H,4-6,9-10,13H2,1-3H3,(H,21,25). The van der Waals surface area contributed by atoms with Gasteiger partial charge in [0.2, 0.25) is 5.91 Å². The highest BCUT2D eigenvalue weighted by Crippen LogP contribution is 2.23. The van der Waals surface area contributed by atoms with E-state index in [-0.39, 0.29) is 5.91 Å². The van der Waals surface area contributed by atoms with Gasteiger partial charge in [-0.25, -0.2) is 0 Å². The minimum absolute atomic E-state index is 0.0213. The molecule has 0 atom stereocenters. The van der Waals surface area contributed by atoms with Gasteiger partial charge < -0.3 is 10.2 Å². The number of amides is 1. The van der Waals surface area contributed by atoms with Gasteiger partial charge in [-0.15, -0.1) is 10.2 Å². The van der Waals surface area contributed by atoms with Crippen LogP contribution in [-0.2, 0) is 4.79 Å². The predicted octanol–water partition coefficient (Wildman–Crippen LogP) is 4.12. The van der Waals surface area contributed by atoms with E-state index in [2.05, 4.69) is 39.5 Å². The van der Waals surface area contributed by atoms with Crippen LogP contribution < -0.4 is 10.2 Å². The minimum Gasteiger partial charge on any atom is -0.355 e. The molecule has 2 aromatic rings. The molecule has 3 rings (SSSR count). The number of rotatable bonds is 5. The SMILES string of the molecule is Cc1cc(C)c(NC(=O)CSc2ccc(N3CCCCC3)nn2)c(C)c1. The lowest BCUT2D eigenvalue weighted by Gasteiger charge is -2.27. The van der Waals surface area contributed by atoms with Crippen LogP contribution in [0, 0.1) is 20.8 Å². The minimum atomic E-state index is -0.0213. The second kappa shape index (κ2) is 8.54. The Morgan fingerprint density at radius 3 is 2.38 bits per heavy atom. The van der Waals surface area contributed by atoms with Gasteiger partial charge in [-0.1, -0.05) is 29.5 Å². The number of carbonyl (C=O) groups excluding carboxylic acids is 1. The van der Waals surface area contributed by atoms with Gasteiger partial charge >= 0.3 is 0 Å². The van der Waals surface area contributed by atoms with Crippen LogP contribution in [0.3, 0.4) is 0 Å². The number of hydrogen-bond acceptors (Lipinski definition) is 5. The first kappa shape index (κ1) is 18.7. The van der Waals surface area contributed by atoms with Crippen LogP contribution >= 0.6 is 11.8 Å². The van der Waals surface area contributed by atoms with Gasteiger partial charge in [0.15, 0.2) is 5.82 Å². The first-order valence-electron chi connectivity index (χ1n) is 9.12. The smallest absolute Gasteiger partial charge is 0.234 e. The van der Waals surface area contributed by atoms with E-state index in [1.807, 2.05) is 26.0 Å². The number of hydrogen-bond donors (Lipinski definition) is 1. The van der Waals surface area contributed by atoms with Crippen LogP contribution in [0.25, 0.3) is 0 Å². The molecular weight excluding hydrogens is 344 g/mol. The number of piperidine rings is 1. The number of anilines is 2. The quantitative estimate of drug-likeness (QED) is 0.802. The molecule has 0 aliphatic carbocycles. The summed E-state index contributed by atoms with van der Waals surface area (Å²) in [4.78, 5) is 14.6. The van der Waals surface area contributed by atoms with Crippen LogP contribution in [0.4, 0.5) is 11.5 Å². The third-order valence-corrected chi connectivity index (χ3v) is 5.52. The van der Waals surface area contributed by atoms with Gasteiger partial charge in [-0.2, -0.15) is 0 Å². The van der Waals surface area contributed by atoms with E-state index in [0.717, 1.165) is 40.7 Å². The van der Waals surface area contributed by atoms with Crippen molar-refractivity contribution in [2.75, 3.05) is 29.1 Å². The second-order valence-corrected chi connectivity index (χ2v) is 7.88. The van der Waals surface area contributed by atoms with Gasteiger partial charge in [0.25, 0.3) is 0 Å². The zero-order valence-corrected chi connectivity index (χ0v) is 16.5. The molecule has 1 amide bonds. The number of nitrogens with zero attached hydrogens (tertiary/aromatic N) is 3. The third-order valence-electron chi connectivity index (χ3n) is 4.60. The van der Waals surface area contributed by atoms with Crippen molar-refractivity contribution in [1.82, 2.24) is 10.2 Å². The number of aromatic nitrogens is 2. The molecule has 1 aliphatic rings. The summed E-state index contributed by atoms with van der Waals surface area (Å²) < 4.78 is 0. The van der Waals surface area contributed by atoms with Gasteiger partial charge in [0, 0.05) is 18.8 Å². The Balaban J connectivity index is 1.54. The molecule has 2 heterocycles. The largest absolute Gasteiger partial charge is 0.355 e. The van der Waals surface area contributed by atoms with Gasteiger partial charge in [-0.05, 0) is 63.3 Å². The summed E-state index contributed by atoms with van der Waals surface area (Å²) in [6, 6.07) is 8.13. The lowest BCUT2D eigenvalue weighted by atomic mass is 10.1. The lowest BCUT2D eigenvalue weighted by molar-refractivity contribution is -0.113. The Hall–Kier alpha value is -2.08. The molecule has 6 heteroatoms. The maximum Gasteiger partial charge on any atom is 0.234 e. The molecule has 1 aromatic heterocycles. The highest BCUT2D eigenvalue weighted by molar-refractivity contribution is 7.99. The average molecular weight is 371 g/mol. The van der Waals surface area contributed by atoms with Crippen molar-refractivity contribution in [3.8, 4) is 0 Å². The molecule has 0 radical (unpaired) electrons. The highest BCUT2D eigenvalue weighted by atomic mass is 32.2. The van der Waals surface area contributed by atoms with Crippen molar-refractivity contribution < 1.29 is 4.79 Å². The number of carbonyl (C=O) groups is 1. The van der Waals surface area contributed by atoms with E-state index in [9.17, 15) is 4.79 Å². The molecule has 1 aliphatic heterocycles. The van der Waals surface area contributed by atoms with Crippen molar-refractivity contribution in [3.05, 3.63) is 41.0 Å². The van der Waals surface area contributed by atoms with Crippen molar-refractivity contribution in [2.45, 2.75) is 45.1 Å². The molecule has 1 fully saturated rings. The fourth-order valence-electron chi connectivity index (χ4n) is 3.37. The van der Waals surface area contributed by atoms with E-state index in [0.29, 0.717) is 5.75 Å². The average Bonchev–Trinajstić information content (AvgIpc) is 2.64. The highest BCUT2D eigenvalue weighted by Gasteiger charge is 2.13. The maximum absolute atomic E-state index is 12.3. The molecule has 0 saturated carbocycles. The van der Waals surface area contributed by atoms with Gasteiger partial charge in [0.05, 0.1) is 5.75 Å². The molecule has 1 aromatic carbocycles. The van der Waals surface area contributed by atoms with Gasteiger partial charge in [-0.3, -0.25) is 4.79 Å². The van der Waals surface area contributed by atoms with E-state index in [4.69, 9.17) is 0 Å². The summed E-state index contributed by atoms with van der Waals surface area (Å²) in [5.74, 6) is 1.24. The molecule has 0 spiro atoms. The lowest BCUT2D eigenvalue weighted by Crippen LogP contribution is -2.30. The van der Waals surface area contributed by atoms with E-state index in [1.165, 1.54) is 36.6 Å². The number of aryl methyl sites for hydroxylation is 3. The fourth-order valence-corrected chi connectivity index (χ4v) is 3.99. The topological polar surface area (TPSA) is 58.1 Å². The van der Waals surface area contributed by atoms with Crippen LogP contribution in [-0.4, -0.2) is 34.9 Å². The first-order valence-corrected chi connectivity index (χ1v) is 10.1. The zero-order chi connectivity index (χ0) is 18.5.